The maximum absolute atomic E-state index is 13.8. The maximum Gasteiger partial charge on any atom is 0.326 e. The number of carboxylic acid groups (broad SMARTS) is 4. The van der Waals surface area contributed by atoms with Gasteiger partial charge >= 0.3 is 23.9 Å². The summed E-state index contributed by atoms with van der Waals surface area (Å²) in [5, 5.41) is 58.9. The molecule has 26 nitrogen and oxygen atoms in total. The molecular weight excluding hydrogens is 1070 g/mol. The molecule has 468 valence electrons. The van der Waals surface area contributed by atoms with Gasteiger partial charge in [0.2, 0.25) is 53.2 Å². The second-order valence-electron chi connectivity index (χ2n) is 22.1. The molecule has 0 aromatic heterocycles. The Morgan fingerprint density at radius 3 is 0.890 bits per heavy atom. The third kappa shape index (κ3) is 32.5. The van der Waals surface area contributed by atoms with Crippen molar-refractivity contribution in [1.29, 1.82) is 0 Å². The second kappa shape index (κ2) is 41.2. The van der Waals surface area contributed by atoms with Gasteiger partial charge in [-0.15, -0.1) is 0 Å². The van der Waals surface area contributed by atoms with Crippen LogP contribution in [0.15, 0.2) is 0 Å². The summed E-state index contributed by atoms with van der Waals surface area (Å²) < 4.78 is 0. The SMILES string of the molecule is CCCCCCCCCCCCCCCCC(=O)N[C@H](C(=O)N[C@H](C(=O)N[C@H](C(=O)N[C@@H](C)C(=O)N[C@@H](C)C(=O)N[C@@H](C)C(=O)N[C@@H](CCC(=O)O)C(=O)N[C@@H](CCC(=O)O)C(=O)N[C@@H](CCC(=O)O)C(=O)O)C(C)C)C(C)C)C(C)C. The van der Waals surface area contributed by atoms with Crippen molar-refractivity contribution in [2.75, 3.05) is 0 Å². The lowest BCUT2D eigenvalue weighted by molar-refractivity contribution is -0.144. The molecular formula is C56H97N9O17. The first kappa shape index (κ1) is 75.1. The van der Waals surface area contributed by atoms with Gasteiger partial charge in [-0.05, 0) is 64.2 Å². The normalized spacial score (nSPS) is 14.5. The molecule has 0 heterocycles. The van der Waals surface area contributed by atoms with Crippen LogP contribution in [0.3, 0.4) is 0 Å². The monoisotopic (exact) mass is 1170 g/mol. The van der Waals surface area contributed by atoms with Crippen molar-refractivity contribution < 1.29 is 82.8 Å². The van der Waals surface area contributed by atoms with Crippen LogP contribution in [0, 0.1) is 17.8 Å². The number of carbonyl (C=O) groups excluding carboxylic acids is 9. The van der Waals surface area contributed by atoms with E-state index in [0.717, 1.165) is 19.3 Å². The average Bonchev–Trinajstić information content (AvgIpc) is 3.47. The third-order valence-electron chi connectivity index (χ3n) is 13.6. The fourth-order valence-electron chi connectivity index (χ4n) is 8.43. The summed E-state index contributed by atoms with van der Waals surface area (Å²) in [5.41, 5.74) is 0. The van der Waals surface area contributed by atoms with E-state index in [1.807, 2.05) is 5.32 Å². The van der Waals surface area contributed by atoms with Crippen molar-refractivity contribution in [3.63, 3.8) is 0 Å². The van der Waals surface area contributed by atoms with Crippen LogP contribution in [-0.2, 0) is 62.3 Å². The van der Waals surface area contributed by atoms with Crippen LogP contribution in [-0.4, -0.2) is 152 Å². The lowest BCUT2D eigenvalue weighted by Gasteiger charge is -2.30. The lowest BCUT2D eigenvalue weighted by Crippen LogP contribution is -2.61. The number of carbonyl (C=O) groups is 13. The molecule has 0 rings (SSSR count). The first-order valence-corrected chi connectivity index (χ1v) is 29.0. The minimum absolute atomic E-state index is 0.259. The van der Waals surface area contributed by atoms with E-state index in [2.05, 4.69) is 49.5 Å². The van der Waals surface area contributed by atoms with Gasteiger partial charge in [-0.25, -0.2) is 4.79 Å². The van der Waals surface area contributed by atoms with E-state index < -0.39 is 176 Å². The lowest BCUT2D eigenvalue weighted by atomic mass is 9.97. The number of nitrogens with one attached hydrogen (secondary N) is 9. The summed E-state index contributed by atoms with van der Waals surface area (Å²) in [7, 11) is 0. The van der Waals surface area contributed by atoms with E-state index >= 15 is 0 Å². The highest BCUT2D eigenvalue weighted by Gasteiger charge is 2.36. The summed E-state index contributed by atoms with van der Waals surface area (Å²) in [6.07, 6.45) is 12.9. The molecule has 13 N–H and O–H groups in total. The van der Waals surface area contributed by atoms with Crippen LogP contribution in [0.2, 0.25) is 0 Å². The Kier molecular flexibility index (Phi) is 37.7. The molecule has 0 spiro atoms. The topological polar surface area (TPSA) is 411 Å². The van der Waals surface area contributed by atoms with Gasteiger partial charge in [0.1, 0.15) is 54.4 Å². The molecule has 0 bridgehead atoms. The van der Waals surface area contributed by atoms with Crippen LogP contribution in [0.1, 0.15) is 204 Å². The molecule has 9 atom stereocenters. The van der Waals surface area contributed by atoms with Gasteiger partial charge < -0.3 is 68.3 Å². The molecule has 0 aliphatic carbocycles. The smallest absolute Gasteiger partial charge is 0.326 e. The van der Waals surface area contributed by atoms with E-state index in [1.165, 1.54) is 85.0 Å². The van der Waals surface area contributed by atoms with Crippen LogP contribution in [0.25, 0.3) is 0 Å². The number of unbranched alkanes of at least 4 members (excludes halogenated alkanes) is 13. The minimum Gasteiger partial charge on any atom is -0.481 e. The molecule has 0 aliphatic rings. The van der Waals surface area contributed by atoms with Crippen LogP contribution in [0.4, 0.5) is 0 Å². The highest BCUT2D eigenvalue weighted by molar-refractivity contribution is 5.98. The van der Waals surface area contributed by atoms with Gasteiger partial charge in [0.25, 0.3) is 0 Å². The molecule has 0 aromatic carbocycles. The van der Waals surface area contributed by atoms with Crippen LogP contribution < -0.4 is 47.9 Å². The molecule has 26 heteroatoms. The molecule has 0 saturated carbocycles. The Balaban J connectivity index is 5.57. The molecule has 0 aliphatic heterocycles. The van der Waals surface area contributed by atoms with Crippen molar-refractivity contribution in [2.24, 2.45) is 17.8 Å². The highest BCUT2D eigenvalue weighted by Crippen LogP contribution is 2.15. The van der Waals surface area contributed by atoms with Crippen molar-refractivity contribution in [3.05, 3.63) is 0 Å². The summed E-state index contributed by atoms with van der Waals surface area (Å²) in [6.45, 7) is 16.2. The quantitative estimate of drug-likeness (QED) is 0.0390. The zero-order valence-corrected chi connectivity index (χ0v) is 49.9. The molecule has 0 fully saturated rings. The van der Waals surface area contributed by atoms with E-state index in [-0.39, 0.29) is 18.2 Å². The minimum atomic E-state index is -1.75. The molecule has 0 radical (unpaired) electrons. The van der Waals surface area contributed by atoms with Crippen LogP contribution in [0.5, 0.6) is 0 Å². The Morgan fingerprint density at radius 1 is 0.293 bits per heavy atom. The van der Waals surface area contributed by atoms with Gasteiger partial charge in [0.05, 0.1) is 0 Å². The number of carboxylic acids is 4. The van der Waals surface area contributed by atoms with Crippen molar-refractivity contribution in [3.8, 4) is 0 Å². The van der Waals surface area contributed by atoms with Crippen molar-refractivity contribution in [2.45, 2.75) is 258 Å². The Labute approximate surface area is 482 Å². The number of aliphatic carboxylic acids is 4. The number of amides is 9. The predicted octanol–water partition coefficient (Wildman–Crippen LogP) is 2.93. The largest absolute Gasteiger partial charge is 0.481 e. The number of hydrogen-bond acceptors (Lipinski definition) is 13. The molecule has 0 aromatic rings. The highest BCUT2D eigenvalue weighted by atomic mass is 16.4. The zero-order chi connectivity index (χ0) is 62.6. The fourth-order valence-corrected chi connectivity index (χ4v) is 8.43. The summed E-state index contributed by atoms with van der Waals surface area (Å²) in [5.74, 6) is -14.7. The molecule has 9 amide bonds. The summed E-state index contributed by atoms with van der Waals surface area (Å²) >= 11 is 0. The Bertz CT molecular complexity index is 2110. The van der Waals surface area contributed by atoms with E-state index in [4.69, 9.17) is 5.11 Å². The van der Waals surface area contributed by atoms with E-state index in [1.54, 1.807) is 41.5 Å². The maximum atomic E-state index is 13.8. The molecule has 0 saturated heterocycles. The van der Waals surface area contributed by atoms with Gasteiger partial charge in [-0.1, -0.05) is 132 Å². The third-order valence-corrected chi connectivity index (χ3v) is 13.6. The first-order valence-electron chi connectivity index (χ1n) is 29.0. The van der Waals surface area contributed by atoms with Crippen molar-refractivity contribution in [1.82, 2.24) is 47.9 Å². The standard InChI is InChI=1S/C56H97N9O17/c1-11-12-13-14-15-16-17-18-19-20-21-22-23-24-25-41(66)63-45(32(2)3)54(79)65-47(34(6)7)55(80)64-46(33(4)5)53(78)59-36(9)49(74)57-35(8)48(73)58-37(10)50(75)60-38(26-29-42(67)68)51(76)61-39(27-30-43(69)70)52(77)62-40(56(81)82)28-31-44(71)72/h32-40,45-47H,11-31H2,1-10H3,(H,57,74)(H,58,73)(H,59,78)(H,60,75)(H,61,76)(H,62,77)(H,63,66)(H,64,80)(H,65,79)(H,67,68)(H,69,70)(H,71,72)(H,81,82)/t35-,36-,37-,38-,39-,40-,45-,46-,47-/m0/s1. The predicted molar refractivity (Wildman–Crippen MR) is 302 cm³/mol. The Morgan fingerprint density at radius 2 is 0.561 bits per heavy atom. The van der Waals surface area contributed by atoms with Crippen molar-refractivity contribution >= 4 is 77.0 Å². The van der Waals surface area contributed by atoms with Gasteiger partial charge in [0.15, 0.2) is 0 Å². The Hall–Kier alpha value is -6.89. The zero-order valence-electron chi connectivity index (χ0n) is 49.9. The number of rotatable bonds is 45. The molecule has 82 heavy (non-hydrogen) atoms. The summed E-state index contributed by atoms with van der Waals surface area (Å²) in [4.78, 5) is 166. The number of hydrogen-bond donors (Lipinski definition) is 13. The molecule has 0 unspecified atom stereocenters. The van der Waals surface area contributed by atoms with Crippen LogP contribution >= 0.6 is 0 Å². The van der Waals surface area contributed by atoms with E-state index in [0.29, 0.717) is 6.42 Å². The average molecular weight is 1170 g/mol. The first-order chi connectivity index (χ1) is 38.4. The van der Waals surface area contributed by atoms with E-state index in [9.17, 15) is 77.6 Å². The second-order valence-corrected chi connectivity index (χ2v) is 22.1. The fraction of sp³-hybridized carbons (Fsp3) is 0.768. The summed E-state index contributed by atoms with van der Waals surface area (Å²) in [6, 6.07) is -12.6. The van der Waals surface area contributed by atoms with Gasteiger partial charge in [-0.2, -0.15) is 0 Å². The van der Waals surface area contributed by atoms with Gasteiger partial charge in [0, 0.05) is 25.7 Å². The van der Waals surface area contributed by atoms with Gasteiger partial charge in [-0.3, -0.25) is 57.5 Å².